The van der Waals surface area contributed by atoms with Crippen LogP contribution in [-0.2, 0) is 16.6 Å². The van der Waals surface area contributed by atoms with Crippen molar-refractivity contribution in [1.29, 1.82) is 0 Å². The Morgan fingerprint density at radius 2 is 1.56 bits per heavy atom. The Morgan fingerprint density at radius 1 is 0.875 bits per heavy atom. The fourth-order valence-electron chi connectivity index (χ4n) is 3.60. The number of nitrogens with one attached hydrogen (secondary N) is 2. The Morgan fingerprint density at radius 3 is 2.31 bits per heavy atom. The van der Waals surface area contributed by atoms with Crippen molar-refractivity contribution in [2.24, 2.45) is 0 Å². The molecule has 4 rings (SSSR count). The van der Waals surface area contributed by atoms with Gasteiger partial charge in [-0.1, -0.05) is 66.2 Å². The van der Waals surface area contributed by atoms with Crippen molar-refractivity contribution in [3.05, 3.63) is 102 Å². The van der Waals surface area contributed by atoms with Gasteiger partial charge in [-0.3, -0.25) is 4.79 Å². The van der Waals surface area contributed by atoms with Gasteiger partial charge in [0.15, 0.2) is 0 Å². The second-order valence-electron chi connectivity index (χ2n) is 7.64. The number of rotatable bonds is 8. The predicted molar refractivity (Wildman–Crippen MR) is 126 cm³/mol. The summed E-state index contributed by atoms with van der Waals surface area (Å²) in [6.07, 6.45) is 1.85. The molecule has 164 valence electrons. The van der Waals surface area contributed by atoms with E-state index in [4.69, 9.17) is 0 Å². The molecular weight excluding hydrogens is 422 g/mol. The number of fused-ring (bicyclic) bond motifs is 1. The average Bonchev–Trinajstić information content (AvgIpc) is 3.16. The van der Waals surface area contributed by atoms with Gasteiger partial charge in [-0.15, -0.1) is 0 Å². The molecule has 0 atom stereocenters. The maximum Gasteiger partial charge on any atom is 0.253 e. The van der Waals surface area contributed by atoms with E-state index in [1.54, 1.807) is 24.3 Å². The molecule has 0 bridgehead atoms. The minimum atomic E-state index is -3.61. The molecule has 2 N–H and O–H groups in total. The normalized spacial score (nSPS) is 11.5. The summed E-state index contributed by atoms with van der Waals surface area (Å²) in [4.78, 5) is 13.1. The summed E-state index contributed by atoms with van der Waals surface area (Å²) >= 11 is 0. The lowest BCUT2D eigenvalue weighted by atomic mass is 10.1. The number of carbonyl (C=O) groups excluding carboxylic acids is 1. The molecule has 6 nitrogen and oxygen atoms in total. The molecule has 0 aliphatic heterocycles. The van der Waals surface area contributed by atoms with Gasteiger partial charge in [-0.25, -0.2) is 13.1 Å². The number of hydrogen-bond acceptors (Lipinski definition) is 3. The largest absolute Gasteiger partial charge is 0.351 e. The summed E-state index contributed by atoms with van der Waals surface area (Å²) in [5, 5.41) is 3.68. The minimum absolute atomic E-state index is 0.102. The second-order valence-corrected chi connectivity index (χ2v) is 9.41. The number of nitrogens with zero attached hydrogens (tertiary/aromatic N) is 1. The number of para-hydroxylation sites is 1. The van der Waals surface area contributed by atoms with Gasteiger partial charge in [0.1, 0.15) is 0 Å². The first-order valence-electron chi connectivity index (χ1n) is 10.4. The third-order valence-electron chi connectivity index (χ3n) is 5.26. The third-order valence-corrected chi connectivity index (χ3v) is 6.74. The molecule has 0 radical (unpaired) electrons. The molecule has 0 aliphatic rings. The lowest BCUT2D eigenvalue weighted by Gasteiger charge is -2.08. The first-order valence-corrected chi connectivity index (χ1v) is 11.9. The van der Waals surface area contributed by atoms with Gasteiger partial charge in [-0.05, 0) is 30.7 Å². The molecule has 0 saturated carbocycles. The maximum atomic E-state index is 12.9. The standard InChI is InChI=1S/C25H25N3O3S/c1-19-11-13-21(14-12-19)32(30,31)27-16-15-26-25(29)23-18-28(17-20-7-3-2-4-8-20)24-10-6-5-9-22(23)24/h2-14,18,27H,15-17H2,1H3,(H,26,29). The number of sulfonamides is 1. The van der Waals surface area contributed by atoms with Gasteiger partial charge in [0.25, 0.3) is 5.91 Å². The highest BCUT2D eigenvalue weighted by atomic mass is 32.2. The molecule has 7 heteroatoms. The Kier molecular flexibility index (Phi) is 6.39. The number of hydrogen-bond donors (Lipinski definition) is 2. The van der Waals surface area contributed by atoms with Crippen LogP contribution in [0.5, 0.6) is 0 Å². The van der Waals surface area contributed by atoms with E-state index in [1.807, 2.05) is 55.6 Å². The van der Waals surface area contributed by atoms with Crippen molar-refractivity contribution >= 4 is 26.8 Å². The van der Waals surface area contributed by atoms with E-state index in [1.165, 1.54) is 0 Å². The fraction of sp³-hybridized carbons (Fsp3) is 0.160. The first-order chi connectivity index (χ1) is 15.4. The van der Waals surface area contributed by atoms with E-state index >= 15 is 0 Å². The average molecular weight is 448 g/mol. The van der Waals surface area contributed by atoms with Gasteiger partial charge in [0.2, 0.25) is 10.0 Å². The van der Waals surface area contributed by atoms with Crippen LogP contribution in [0.1, 0.15) is 21.5 Å². The van der Waals surface area contributed by atoms with Crippen molar-refractivity contribution in [1.82, 2.24) is 14.6 Å². The Bertz CT molecular complexity index is 1330. The molecule has 0 saturated heterocycles. The molecule has 32 heavy (non-hydrogen) atoms. The number of carbonyl (C=O) groups is 1. The molecule has 1 amide bonds. The van der Waals surface area contributed by atoms with Gasteiger partial charge in [0.05, 0.1) is 10.5 Å². The van der Waals surface area contributed by atoms with Crippen LogP contribution in [0, 0.1) is 6.92 Å². The zero-order valence-corrected chi connectivity index (χ0v) is 18.6. The van der Waals surface area contributed by atoms with Crippen molar-refractivity contribution in [3.63, 3.8) is 0 Å². The van der Waals surface area contributed by atoms with Crippen LogP contribution in [0.25, 0.3) is 10.9 Å². The number of aromatic nitrogens is 1. The topological polar surface area (TPSA) is 80.2 Å². The lowest BCUT2D eigenvalue weighted by molar-refractivity contribution is 0.0955. The molecule has 0 fully saturated rings. The second kappa shape index (κ2) is 9.38. The van der Waals surface area contributed by atoms with Gasteiger partial charge >= 0.3 is 0 Å². The number of amides is 1. The third kappa shape index (κ3) is 4.90. The first kappa shape index (κ1) is 21.8. The number of benzene rings is 3. The zero-order valence-electron chi connectivity index (χ0n) is 17.8. The predicted octanol–water partition coefficient (Wildman–Crippen LogP) is 3.71. The Balaban J connectivity index is 1.42. The Labute approximate surface area is 187 Å². The number of aryl methyl sites for hydroxylation is 1. The highest BCUT2D eigenvalue weighted by Gasteiger charge is 2.16. The highest BCUT2D eigenvalue weighted by Crippen LogP contribution is 2.22. The van der Waals surface area contributed by atoms with Crippen LogP contribution in [-0.4, -0.2) is 32.0 Å². The molecule has 1 aromatic heterocycles. The quantitative estimate of drug-likeness (QED) is 0.404. The van der Waals surface area contributed by atoms with Crippen molar-refractivity contribution < 1.29 is 13.2 Å². The maximum absolute atomic E-state index is 12.9. The monoisotopic (exact) mass is 447 g/mol. The van der Waals surface area contributed by atoms with Crippen molar-refractivity contribution in [2.45, 2.75) is 18.4 Å². The van der Waals surface area contributed by atoms with E-state index in [0.29, 0.717) is 12.1 Å². The summed E-state index contributed by atoms with van der Waals surface area (Å²) in [6.45, 7) is 2.84. The summed E-state index contributed by atoms with van der Waals surface area (Å²) < 4.78 is 29.3. The molecule has 3 aromatic carbocycles. The highest BCUT2D eigenvalue weighted by molar-refractivity contribution is 7.89. The molecule has 0 spiro atoms. The molecular formula is C25H25N3O3S. The van der Waals surface area contributed by atoms with Crippen LogP contribution in [0.4, 0.5) is 0 Å². The van der Waals surface area contributed by atoms with Crippen molar-refractivity contribution in [2.75, 3.05) is 13.1 Å². The van der Waals surface area contributed by atoms with Crippen LogP contribution in [0.15, 0.2) is 90.0 Å². The van der Waals surface area contributed by atoms with Gasteiger partial charge < -0.3 is 9.88 Å². The zero-order chi connectivity index (χ0) is 22.6. The molecule has 4 aromatic rings. The summed E-state index contributed by atoms with van der Waals surface area (Å²) in [5.74, 6) is -0.234. The summed E-state index contributed by atoms with van der Waals surface area (Å²) in [6, 6.07) is 24.5. The fourth-order valence-corrected chi connectivity index (χ4v) is 4.63. The van der Waals surface area contributed by atoms with E-state index < -0.39 is 10.0 Å². The smallest absolute Gasteiger partial charge is 0.253 e. The van der Waals surface area contributed by atoms with Crippen LogP contribution in [0.3, 0.4) is 0 Å². The minimum Gasteiger partial charge on any atom is -0.351 e. The van der Waals surface area contributed by atoms with Crippen molar-refractivity contribution in [3.8, 4) is 0 Å². The van der Waals surface area contributed by atoms with E-state index in [9.17, 15) is 13.2 Å². The van der Waals surface area contributed by atoms with Crippen LogP contribution in [0.2, 0.25) is 0 Å². The van der Waals surface area contributed by atoms with E-state index in [0.717, 1.165) is 22.0 Å². The summed E-state index contributed by atoms with van der Waals surface area (Å²) in [5.41, 5.74) is 3.67. The van der Waals surface area contributed by atoms with Crippen LogP contribution >= 0.6 is 0 Å². The van der Waals surface area contributed by atoms with Gasteiger partial charge in [0, 0.05) is 36.7 Å². The lowest BCUT2D eigenvalue weighted by Crippen LogP contribution is -2.34. The Hall–Kier alpha value is -3.42. The molecule has 0 unspecified atom stereocenters. The molecule has 1 heterocycles. The summed E-state index contributed by atoms with van der Waals surface area (Å²) in [7, 11) is -3.61. The van der Waals surface area contributed by atoms with Crippen LogP contribution < -0.4 is 10.0 Å². The van der Waals surface area contributed by atoms with Gasteiger partial charge in [-0.2, -0.15) is 0 Å². The molecule has 0 aliphatic carbocycles. The SMILES string of the molecule is Cc1ccc(S(=O)(=O)NCCNC(=O)c2cn(Cc3ccccc3)c3ccccc23)cc1. The van der Waals surface area contributed by atoms with E-state index in [2.05, 4.69) is 26.7 Å². The van der Waals surface area contributed by atoms with E-state index in [-0.39, 0.29) is 23.9 Å².